The molecule has 3 rings (SSSR count). The summed E-state index contributed by atoms with van der Waals surface area (Å²) < 4.78 is 6.60. The van der Waals surface area contributed by atoms with Crippen molar-refractivity contribution in [3.8, 4) is 5.82 Å². The molecule has 0 saturated carbocycles. The lowest BCUT2D eigenvalue weighted by atomic mass is 10.3. The number of benzene rings is 1. The fraction of sp³-hybridized carbons (Fsp3) is 0.158. The average Bonchev–Trinajstić information content (AvgIpc) is 3.01. The minimum atomic E-state index is -0.869. The van der Waals surface area contributed by atoms with E-state index < -0.39 is 18.5 Å². The summed E-state index contributed by atoms with van der Waals surface area (Å²) in [5.41, 5.74) is 1.64. The fourth-order valence-electron chi connectivity index (χ4n) is 2.59. The number of halogens is 4. The van der Waals surface area contributed by atoms with Crippen LogP contribution in [-0.4, -0.2) is 33.2 Å². The van der Waals surface area contributed by atoms with E-state index >= 15 is 0 Å². The zero-order valence-electron chi connectivity index (χ0n) is 15.7. The minimum absolute atomic E-state index is 0.0782. The van der Waals surface area contributed by atoms with Crippen LogP contribution >= 0.6 is 46.4 Å². The van der Waals surface area contributed by atoms with Crippen LogP contribution in [0.2, 0.25) is 20.1 Å². The largest absolute Gasteiger partial charge is 0.451 e. The molecule has 0 aliphatic rings. The molecule has 0 saturated heterocycles. The number of carbonyl (C=O) groups excluding carboxylic acids is 2. The number of esters is 1. The first-order valence-electron chi connectivity index (χ1n) is 8.47. The Morgan fingerprint density at radius 1 is 1.03 bits per heavy atom. The Morgan fingerprint density at radius 3 is 2.30 bits per heavy atom. The van der Waals surface area contributed by atoms with E-state index in [0.29, 0.717) is 10.8 Å². The molecule has 2 heterocycles. The molecule has 1 aromatic carbocycles. The van der Waals surface area contributed by atoms with Crippen LogP contribution < -0.4 is 5.32 Å². The van der Waals surface area contributed by atoms with Crippen LogP contribution in [0.3, 0.4) is 0 Å². The van der Waals surface area contributed by atoms with E-state index in [9.17, 15) is 9.59 Å². The van der Waals surface area contributed by atoms with Gasteiger partial charge in [0.05, 0.1) is 26.4 Å². The SMILES string of the molecule is Cc1cc(C)n(-c2ccc(Cl)c(C(=O)OCC(=O)Nc3c(Cl)cc(Cl)cc3Cl)n2)n1. The Balaban J connectivity index is 1.71. The van der Waals surface area contributed by atoms with Gasteiger partial charge in [-0.2, -0.15) is 5.10 Å². The number of carbonyl (C=O) groups is 2. The van der Waals surface area contributed by atoms with Crippen LogP contribution in [0.15, 0.2) is 30.3 Å². The Morgan fingerprint density at radius 2 is 1.70 bits per heavy atom. The lowest BCUT2D eigenvalue weighted by Crippen LogP contribution is -2.22. The predicted octanol–water partition coefficient (Wildman–Crippen LogP) is 5.29. The zero-order chi connectivity index (χ0) is 22.0. The van der Waals surface area contributed by atoms with Gasteiger partial charge in [0, 0.05) is 10.7 Å². The Bertz CT molecular complexity index is 1120. The molecule has 30 heavy (non-hydrogen) atoms. The van der Waals surface area contributed by atoms with Crippen molar-refractivity contribution in [1.29, 1.82) is 0 Å². The van der Waals surface area contributed by atoms with Crippen LogP contribution in [-0.2, 0) is 9.53 Å². The zero-order valence-corrected chi connectivity index (χ0v) is 18.7. The number of ether oxygens (including phenoxy) is 1. The molecule has 2 aromatic heterocycles. The molecular weight excluding hydrogens is 474 g/mol. The second-order valence-electron chi connectivity index (χ2n) is 6.21. The quantitative estimate of drug-likeness (QED) is 0.494. The maximum atomic E-state index is 12.4. The number of amides is 1. The Labute approximate surface area is 191 Å². The molecule has 156 valence electrons. The van der Waals surface area contributed by atoms with Gasteiger partial charge in [0.25, 0.3) is 5.91 Å². The van der Waals surface area contributed by atoms with E-state index in [2.05, 4.69) is 15.4 Å². The maximum absolute atomic E-state index is 12.4. The molecule has 3 aromatic rings. The van der Waals surface area contributed by atoms with Gasteiger partial charge < -0.3 is 10.1 Å². The van der Waals surface area contributed by atoms with E-state index in [1.807, 2.05) is 19.9 Å². The van der Waals surface area contributed by atoms with E-state index in [-0.39, 0.29) is 26.4 Å². The molecule has 0 aliphatic carbocycles. The molecule has 0 radical (unpaired) electrons. The number of aromatic nitrogens is 3. The smallest absolute Gasteiger partial charge is 0.359 e. The summed E-state index contributed by atoms with van der Waals surface area (Å²) in [4.78, 5) is 28.8. The number of nitrogens with one attached hydrogen (secondary N) is 1. The van der Waals surface area contributed by atoms with Crippen molar-refractivity contribution in [2.45, 2.75) is 13.8 Å². The van der Waals surface area contributed by atoms with Crippen molar-refractivity contribution in [2.75, 3.05) is 11.9 Å². The number of rotatable bonds is 5. The van der Waals surface area contributed by atoms with Gasteiger partial charge in [-0.3, -0.25) is 4.79 Å². The van der Waals surface area contributed by atoms with Gasteiger partial charge in [-0.25, -0.2) is 14.5 Å². The highest BCUT2D eigenvalue weighted by molar-refractivity contribution is 6.42. The second kappa shape index (κ2) is 9.22. The van der Waals surface area contributed by atoms with Gasteiger partial charge in [-0.05, 0) is 44.2 Å². The summed E-state index contributed by atoms with van der Waals surface area (Å²) in [5, 5.41) is 7.47. The molecule has 0 fully saturated rings. The van der Waals surface area contributed by atoms with Gasteiger partial charge in [-0.15, -0.1) is 0 Å². The normalized spacial score (nSPS) is 10.7. The summed E-state index contributed by atoms with van der Waals surface area (Å²) in [6.45, 7) is 3.09. The number of pyridine rings is 1. The van der Waals surface area contributed by atoms with E-state index in [1.165, 1.54) is 18.2 Å². The minimum Gasteiger partial charge on any atom is -0.451 e. The van der Waals surface area contributed by atoms with Gasteiger partial charge in [0.1, 0.15) is 0 Å². The Kier molecular flexibility index (Phi) is 6.88. The maximum Gasteiger partial charge on any atom is 0.359 e. The van der Waals surface area contributed by atoms with Crippen molar-refractivity contribution < 1.29 is 14.3 Å². The van der Waals surface area contributed by atoms with Crippen LogP contribution in [0.4, 0.5) is 5.69 Å². The highest BCUT2D eigenvalue weighted by Gasteiger charge is 2.19. The predicted molar refractivity (Wildman–Crippen MR) is 116 cm³/mol. The first kappa shape index (κ1) is 22.4. The summed E-state index contributed by atoms with van der Waals surface area (Å²) in [6, 6.07) is 7.83. The van der Waals surface area contributed by atoms with Crippen molar-refractivity contribution in [3.63, 3.8) is 0 Å². The molecule has 1 N–H and O–H groups in total. The van der Waals surface area contributed by atoms with Crippen molar-refractivity contribution >= 4 is 64.0 Å². The summed E-state index contributed by atoms with van der Waals surface area (Å²) >= 11 is 24.0. The van der Waals surface area contributed by atoms with Crippen LogP contribution in [0.1, 0.15) is 21.9 Å². The summed E-state index contributed by atoms with van der Waals surface area (Å²) in [7, 11) is 0. The van der Waals surface area contributed by atoms with Crippen LogP contribution in [0, 0.1) is 13.8 Å². The number of nitrogens with zero attached hydrogens (tertiary/aromatic N) is 3. The number of hydrogen-bond donors (Lipinski definition) is 1. The van der Waals surface area contributed by atoms with E-state index in [4.69, 9.17) is 51.1 Å². The van der Waals surface area contributed by atoms with Crippen LogP contribution in [0.5, 0.6) is 0 Å². The topological polar surface area (TPSA) is 86.1 Å². The molecule has 0 bridgehead atoms. The molecule has 0 spiro atoms. The van der Waals surface area contributed by atoms with Gasteiger partial charge >= 0.3 is 5.97 Å². The van der Waals surface area contributed by atoms with Crippen molar-refractivity contribution in [1.82, 2.24) is 14.8 Å². The average molecular weight is 488 g/mol. The van der Waals surface area contributed by atoms with Gasteiger partial charge in [0.2, 0.25) is 0 Å². The lowest BCUT2D eigenvalue weighted by Gasteiger charge is -2.11. The lowest BCUT2D eigenvalue weighted by molar-refractivity contribution is -0.119. The number of aryl methyl sites for hydroxylation is 2. The third kappa shape index (κ3) is 5.05. The van der Waals surface area contributed by atoms with E-state index in [0.717, 1.165) is 11.4 Å². The molecule has 7 nitrogen and oxygen atoms in total. The first-order valence-corrected chi connectivity index (χ1v) is 9.98. The Hall–Kier alpha value is -2.32. The van der Waals surface area contributed by atoms with Gasteiger partial charge in [0.15, 0.2) is 18.1 Å². The summed E-state index contributed by atoms with van der Waals surface area (Å²) in [6.07, 6.45) is 0. The summed E-state index contributed by atoms with van der Waals surface area (Å²) in [5.74, 6) is -1.13. The number of anilines is 1. The molecule has 1 amide bonds. The highest BCUT2D eigenvalue weighted by atomic mass is 35.5. The molecule has 11 heteroatoms. The standard InChI is InChI=1S/C19H14Cl4N4O3/c1-9-5-10(2)27(26-9)15-4-3-12(21)18(24-15)19(29)30-8-16(28)25-17-13(22)6-11(20)7-14(17)23/h3-7H,8H2,1-2H3,(H,25,28). The van der Waals surface area contributed by atoms with E-state index in [1.54, 1.807) is 10.7 Å². The molecule has 0 atom stereocenters. The third-order valence-corrected chi connectivity index (χ3v) is 4.98. The molecule has 0 aliphatic heterocycles. The number of hydrogen-bond acceptors (Lipinski definition) is 5. The van der Waals surface area contributed by atoms with Crippen molar-refractivity contribution in [2.24, 2.45) is 0 Å². The molecular formula is C19H14Cl4N4O3. The highest BCUT2D eigenvalue weighted by Crippen LogP contribution is 2.33. The second-order valence-corrected chi connectivity index (χ2v) is 7.87. The monoisotopic (exact) mass is 486 g/mol. The van der Waals surface area contributed by atoms with Gasteiger partial charge in [-0.1, -0.05) is 46.4 Å². The fourth-order valence-corrected chi connectivity index (χ4v) is 3.68. The molecule has 0 unspecified atom stereocenters. The van der Waals surface area contributed by atoms with Crippen LogP contribution in [0.25, 0.3) is 5.82 Å². The third-order valence-electron chi connectivity index (χ3n) is 3.86. The van der Waals surface area contributed by atoms with Crippen molar-refractivity contribution in [3.05, 3.63) is 67.5 Å². The first-order chi connectivity index (χ1) is 14.2.